The monoisotopic (exact) mass is 1170 g/mol. The van der Waals surface area contributed by atoms with Gasteiger partial charge in [0.1, 0.15) is 0 Å². The molecule has 0 saturated carbocycles. The number of anilines is 12. The summed E-state index contributed by atoms with van der Waals surface area (Å²) in [5.41, 5.74) is 25.6. The molecule has 15 aromatic rings. The smallest absolute Gasteiger partial charge is 0.0463 e. The van der Waals surface area contributed by atoms with E-state index in [-0.39, 0.29) is 0 Å². The maximum atomic E-state index is 2.37. The number of rotatable bonds is 15. The Hall–Kier alpha value is -11.5. The van der Waals surface area contributed by atoms with Crippen molar-refractivity contribution in [3.63, 3.8) is 0 Å². The number of benzene rings is 14. The molecular formula is C85H60N4S. The first-order valence-electron chi connectivity index (χ1n) is 30.8. The van der Waals surface area contributed by atoms with Crippen molar-refractivity contribution in [2.24, 2.45) is 0 Å². The number of hydrogen-bond donors (Lipinski definition) is 0. The minimum Gasteiger partial charge on any atom is -0.311 e. The highest BCUT2D eigenvalue weighted by Gasteiger charge is 2.23. The molecule has 16 rings (SSSR count). The lowest BCUT2D eigenvalue weighted by atomic mass is 9.95. The predicted molar refractivity (Wildman–Crippen MR) is 383 cm³/mol. The standard InChI is InChI=1S/C85H60N4S/c1-5-20-65(21-6-1)86(66-22-7-2-8-23-66)73-51-55-75(56-52-73)88(71-47-39-62(40-48-71)77-30-17-32-80-78-28-14-13-19-64(78)59-83(77)80)69-43-35-60(36-44-69)61-37-45-70(46-38-61)89(76-57-53-74(54-58-76)87(67-24-9-3-10-25-67)68-26-11-4-12-27-68)72-49-41-63(42-50-72)79-31-18-33-82-81-29-15-16-34-84(81)90-85(79)82/h1-58H,59H2. The molecule has 1 aromatic heterocycles. The highest BCUT2D eigenvalue weighted by Crippen LogP contribution is 2.47. The van der Waals surface area contributed by atoms with Gasteiger partial charge < -0.3 is 19.6 Å². The van der Waals surface area contributed by atoms with Crippen molar-refractivity contribution in [2.45, 2.75) is 6.42 Å². The summed E-state index contributed by atoms with van der Waals surface area (Å²) in [5.74, 6) is 0. The molecule has 1 aliphatic carbocycles. The molecule has 1 heterocycles. The van der Waals surface area contributed by atoms with Gasteiger partial charge in [0.2, 0.25) is 0 Å². The van der Waals surface area contributed by atoms with E-state index >= 15 is 0 Å². The van der Waals surface area contributed by atoms with E-state index in [1.165, 1.54) is 64.7 Å². The molecule has 0 fully saturated rings. The highest BCUT2D eigenvalue weighted by molar-refractivity contribution is 7.26. The first-order valence-corrected chi connectivity index (χ1v) is 31.6. The Kier molecular flexibility index (Phi) is 14.2. The van der Waals surface area contributed by atoms with Crippen molar-refractivity contribution < 1.29 is 0 Å². The van der Waals surface area contributed by atoms with E-state index in [1.54, 1.807) is 0 Å². The quantitative estimate of drug-likeness (QED) is 0.101. The maximum Gasteiger partial charge on any atom is 0.0463 e. The molecule has 4 nitrogen and oxygen atoms in total. The second kappa shape index (κ2) is 23.6. The molecule has 426 valence electrons. The molecule has 0 amide bonds. The highest BCUT2D eigenvalue weighted by atomic mass is 32.1. The van der Waals surface area contributed by atoms with Crippen LogP contribution in [0.5, 0.6) is 0 Å². The van der Waals surface area contributed by atoms with E-state index in [0.717, 1.165) is 85.8 Å². The Morgan fingerprint density at radius 3 is 0.922 bits per heavy atom. The van der Waals surface area contributed by atoms with E-state index in [0.29, 0.717) is 0 Å². The summed E-state index contributed by atoms with van der Waals surface area (Å²) in [7, 11) is 0. The fourth-order valence-electron chi connectivity index (χ4n) is 13.2. The minimum atomic E-state index is 0.941. The van der Waals surface area contributed by atoms with Crippen LogP contribution in [0.2, 0.25) is 0 Å². The number of nitrogens with zero attached hydrogens (tertiary/aromatic N) is 4. The zero-order chi connectivity index (χ0) is 59.7. The van der Waals surface area contributed by atoms with Crippen LogP contribution in [0.1, 0.15) is 11.1 Å². The van der Waals surface area contributed by atoms with Crippen molar-refractivity contribution in [2.75, 3.05) is 19.6 Å². The van der Waals surface area contributed by atoms with Crippen LogP contribution in [0.3, 0.4) is 0 Å². The molecule has 0 atom stereocenters. The minimum absolute atomic E-state index is 0.941. The molecule has 1 aliphatic rings. The average molecular weight is 1170 g/mol. The van der Waals surface area contributed by atoms with E-state index in [4.69, 9.17) is 0 Å². The van der Waals surface area contributed by atoms with Crippen LogP contribution in [0.25, 0.3) is 64.7 Å². The largest absolute Gasteiger partial charge is 0.311 e. The molecular weight excluding hydrogens is 1110 g/mol. The number of para-hydroxylation sites is 4. The second-order valence-corrected chi connectivity index (χ2v) is 23.9. The van der Waals surface area contributed by atoms with Gasteiger partial charge in [0.15, 0.2) is 0 Å². The van der Waals surface area contributed by atoms with Crippen molar-refractivity contribution in [1.82, 2.24) is 0 Å². The lowest BCUT2D eigenvalue weighted by molar-refractivity contribution is 1.25. The summed E-state index contributed by atoms with van der Waals surface area (Å²) in [6, 6.07) is 128. The Labute approximate surface area is 530 Å². The maximum absolute atomic E-state index is 2.37. The molecule has 0 N–H and O–H groups in total. The van der Waals surface area contributed by atoms with Crippen LogP contribution >= 0.6 is 11.3 Å². The summed E-state index contributed by atoms with van der Waals surface area (Å²) in [4.78, 5) is 9.36. The van der Waals surface area contributed by atoms with Gasteiger partial charge in [-0.2, -0.15) is 0 Å². The first-order chi connectivity index (χ1) is 44.6. The van der Waals surface area contributed by atoms with Crippen LogP contribution in [-0.2, 0) is 6.42 Å². The normalized spacial score (nSPS) is 11.5. The van der Waals surface area contributed by atoms with Gasteiger partial charge in [-0.05, 0) is 214 Å². The molecule has 5 heteroatoms. The van der Waals surface area contributed by atoms with Crippen LogP contribution in [0, 0.1) is 0 Å². The van der Waals surface area contributed by atoms with Gasteiger partial charge >= 0.3 is 0 Å². The van der Waals surface area contributed by atoms with E-state index in [9.17, 15) is 0 Å². The van der Waals surface area contributed by atoms with Crippen molar-refractivity contribution in [1.29, 1.82) is 0 Å². The van der Waals surface area contributed by atoms with E-state index in [1.807, 2.05) is 11.3 Å². The van der Waals surface area contributed by atoms with Crippen molar-refractivity contribution in [3.05, 3.63) is 363 Å². The number of hydrogen-bond acceptors (Lipinski definition) is 5. The van der Waals surface area contributed by atoms with Gasteiger partial charge in [-0.15, -0.1) is 11.3 Å². The van der Waals surface area contributed by atoms with Crippen molar-refractivity contribution in [3.8, 4) is 44.5 Å². The van der Waals surface area contributed by atoms with Crippen molar-refractivity contribution >= 4 is 99.8 Å². The summed E-state index contributed by atoms with van der Waals surface area (Å²) in [6.45, 7) is 0. The van der Waals surface area contributed by atoms with E-state index in [2.05, 4.69) is 371 Å². The SMILES string of the molecule is c1ccc(N(c2ccccc2)c2ccc(N(c3ccc(-c4ccc(N(c5ccc(-c6cccc7c6sc6ccccc67)cc5)c5ccc(N(c6ccccc6)c6ccccc6)cc5)cc4)cc3)c3ccc(-c4cccc5c4Cc4ccccc4-5)cc3)cc2)cc1. The molecule has 0 unspecified atom stereocenters. The third-order valence-electron chi connectivity index (χ3n) is 17.5. The topological polar surface area (TPSA) is 13.0 Å². The van der Waals surface area contributed by atoms with Crippen LogP contribution in [0.4, 0.5) is 68.2 Å². The van der Waals surface area contributed by atoms with Gasteiger partial charge in [0, 0.05) is 88.4 Å². The fraction of sp³-hybridized carbons (Fsp3) is 0.0118. The van der Waals surface area contributed by atoms with Gasteiger partial charge in [-0.1, -0.05) is 200 Å². The van der Waals surface area contributed by atoms with Gasteiger partial charge in [0.05, 0.1) is 0 Å². The van der Waals surface area contributed by atoms with Crippen LogP contribution in [0.15, 0.2) is 352 Å². The number of thiophene rings is 1. The molecule has 0 bridgehead atoms. The summed E-state index contributed by atoms with van der Waals surface area (Å²) in [6.07, 6.45) is 0.941. The predicted octanol–water partition coefficient (Wildman–Crippen LogP) is 24.5. The Bertz CT molecular complexity index is 4900. The molecule has 0 saturated heterocycles. The molecule has 0 aliphatic heterocycles. The molecule has 0 radical (unpaired) electrons. The van der Waals surface area contributed by atoms with Crippen LogP contribution < -0.4 is 19.6 Å². The second-order valence-electron chi connectivity index (χ2n) is 22.9. The van der Waals surface area contributed by atoms with Crippen LogP contribution in [-0.4, -0.2) is 0 Å². The summed E-state index contributed by atoms with van der Waals surface area (Å²) >= 11 is 1.87. The Morgan fingerprint density at radius 2 is 0.489 bits per heavy atom. The first kappa shape index (κ1) is 53.9. The average Bonchev–Trinajstić information content (AvgIpc) is 1.78. The molecule has 90 heavy (non-hydrogen) atoms. The van der Waals surface area contributed by atoms with Gasteiger partial charge in [0.25, 0.3) is 0 Å². The zero-order valence-electron chi connectivity index (χ0n) is 49.4. The third kappa shape index (κ3) is 10.2. The van der Waals surface area contributed by atoms with E-state index < -0.39 is 0 Å². The fourth-order valence-corrected chi connectivity index (χ4v) is 14.4. The zero-order valence-corrected chi connectivity index (χ0v) is 50.2. The van der Waals surface area contributed by atoms with Gasteiger partial charge in [-0.25, -0.2) is 0 Å². The lowest BCUT2D eigenvalue weighted by Crippen LogP contribution is -2.12. The van der Waals surface area contributed by atoms with Gasteiger partial charge in [-0.3, -0.25) is 0 Å². The molecule has 0 spiro atoms. The summed E-state index contributed by atoms with van der Waals surface area (Å²) < 4.78 is 2.62. The summed E-state index contributed by atoms with van der Waals surface area (Å²) in [5, 5.41) is 2.61. The molecule has 14 aromatic carbocycles. The lowest BCUT2D eigenvalue weighted by Gasteiger charge is -2.29. The third-order valence-corrected chi connectivity index (χ3v) is 18.7. The number of fused-ring (bicyclic) bond motifs is 6. The Morgan fingerprint density at radius 1 is 0.200 bits per heavy atom. The Balaban J connectivity index is 0.741.